The van der Waals surface area contributed by atoms with E-state index in [0.717, 1.165) is 18.2 Å². The van der Waals surface area contributed by atoms with Gasteiger partial charge < -0.3 is 20.1 Å². The van der Waals surface area contributed by atoms with Crippen molar-refractivity contribution in [3.63, 3.8) is 0 Å². The number of morpholine rings is 1. The molecule has 1 aliphatic rings. The number of benzene rings is 1. The number of ether oxygens (including phenoxy) is 1. The Morgan fingerprint density at radius 1 is 1.28 bits per heavy atom. The van der Waals surface area contributed by atoms with Gasteiger partial charge in [0.1, 0.15) is 10.8 Å². The number of hydrogen-bond donors (Lipinski definition) is 2. The van der Waals surface area contributed by atoms with Gasteiger partial charge in [0.15, 0.2) is 11.4 Å². The summed E-state index contributed by atoms with van der Waals surface area (Å²) in [6, 6.07) is 6.13. The number of carboxylic acid groups (broad SMARTS) is 1. The zero-order valence-corrected chi connectivity index (χ0v) is 22.1. The zero-order chi connectivity index (χ0) is 28.1. The molecule has 1 aliphatic heterocycles. The molecule has 2 atom stereocenters. The first-order chi connectivity index (χ1) is 18.5. The van der Waals surface area contributed by atoms with Gasteiger partial charge in [0.05, 0.1) is 30.0 Å². The van der Waals surface area contributed by atoms with Crippen LogP contribution in [-0.4, -0.2) is 56.2 Å². The second-order valence-electron chi connectivity index (χ2n) is 9.53. The number of nitrogens with one attached hydrogen (secondary N) is 1. The molecule has 13 heteroatoms. The zero-order valence-electron chi connectivity index (χ0n) is 21.4. The second kappa shape index (κ2) is 10.2. The van der Waals surface area contributed by atoms with Gasteiger partial charge in [-0.2, -0.15) is 13.2 Å². The lowest BCUT2D eigenvalue weighted by atomic mass is 10.0. The molecule has 9 nitrogen and oxygen atoms in total. The number of hydrogen-bond acceptors (Lipinski definition) is 7. The van der Waals surface area contributed by atoms with E-state index >= 15 is 0 Å². The number of fused-ring (bicyclic) bond motifs is 3. The highest BCUT2D eigenvalue weighted by atomic mass is 35.5. The molecule has 3 aromatic heterocycles. The molecule has 0 aliphatic carbocycles. The van der Waals surface area contributed by atoms with Crippen molar-refractivity contribution >= 4 is 45.8 Å². The summed E-state index contributed by atoms with van der Waals surface area (Å²) in [5.74, 6) is -0.919. The van der Waals surface area contributed by atoms with Gasteiger partial charge in [-0.25, -0.2) is 19.7 Å². The van der Waals surface area contributed by atoms with Gasteiger partial charge >= 0.3 is 12.1 Å². The van der Waals surface area contributed by atoms with Crippen LogP contribution in [0.25, 0.3) is 16.6 Å². The van der Waals surface area contributed by atoms with Crippen molar-refractivity contribution in [3.05, 3.63) is 58.1 Å². The number of aromatic nitrogens is 4. The van der Waals surface area contributed by atoms with Gasteiger partial charge in [-0.05, 0) is 44.0 Å². The van der Waals surface area contributed by atoms with Crippen LogP contribution in [0.5, 0.6) is 0 Å². The highest BCUT2D eigenvalue weighted by Gasteiger charge is 2.35. The Bertz CT molecular complexity index is 1570. The summed E-state index contributed by atoms with van der Waals surface area (Å²) < 4.78 is 48.5. The Labute approximate surface area is 226 Å². The van der Waals surface area contributed by atoms with E-state index in [4.69, 9.17) is 21.3 Å². The molecule has 4 heterocycles. The van der Waals surface area contributed by atoms with Crippen LogP contribution in [0.15, 0.2) is 30.5 Å². The van der Waals surface area contributed by atoms with Crippen molar-refractivity contribution < 1.29 is 27.8 Å². The molecule has 4 aromatic rings. The number of aryl methyl sites for hydroxylation is 1. The third-order valence-corrected chi connectivity index (χ3v) is 6.94. The lowest BCUT2D eigenvalue weighted by molar-refractivity contribution is -0.140. The molecule has 0 saturated carbocycles. The maximum atomic E-state index is 13.8. The largest absolute Gasteiger partial charge is 0.476 e. The number of pyridine rings is 1. The van der Waals surface area contributed by atoms with Crippen LogP contribution in [-0.2, 0) is 10.9 Å². The molecule has 0 spiro atoms. The smallest absolute Gasteiger partial charge is 0.434 e. The van der Waals surface area contributed by atoms with E-state index in [-0.39, 0.29) is 28.3 Å². The average Bonchev–Trinajstić information content (AvgIpc) is 3.35. The van der Waals surface area contributed by atoms with Gasteiger partial charge in [0.25, 0.3) is 0 Å². The van der Waals surface area contributed by atoms with Crippen LogP contribution in [0.3, 0.4) is 0 Å². The van der Waals surface area contributed by atoms with Gasteiger partial charge in [0, 0.05) is 30.2 Å². The third-order valence-electron chi connectivity index (χ3n) is 6.73. The number of carbonyl (C=O) groups is 1. The molecule has 0 amide bonds. The maximum Gasteiger partial charge on any atom is 0.434 e. The van der Waals surface area contributed by atoms with E-state index < -0.39 is 23.9 Å². The number of nitrogens with zero attached hydrogens (tertiary/aromatic N) is 5. The van der Waals surface area contributed by atoms with Crippen molar-refractivity contribution in [1.82, 2.24) is 19.4 Å². The topological polar surface area (TPSA) is 105 Å². The normalized spacial score (nSPS) is 17.1. The summed E-state index contributed by atoms with van der Waals surface area (Å²) in [5.41, 5.74) is 1.03. The van der Waals surface area contributed by atoms with E-state index in [1.165, 1.54) is 16.5 Å². The van der Waals surface area contributed by atoms with Crippen LogP contribution in [0.2, 0.25) is 5.15 Å². The molecule has 39 heavy (non-hydrogen) atoms. The average molecular weight is 563 g/mol. The van der Waals surface area contributed by atoms with Gasteiger partial charge in [-0.15, -0.1) is 0 Å². The molecule has 0 radical (unpaired) electrons. The molecule has 1 unspecified atom stereocenters. The van der Waals surface area contributed by atoms with Crippen molar-refractivity contribution in [2.24, 2.45) is 0 Å². The Morgan fingerprint density at radius 2 is 2.05 bits per heavy atom. The summed E-state index contributed by atoms with van der Waals surface area (Å²) >= 11 is 5.90. The van der Waals surface area contributed by atoms with Gasteiger partial charge in [0.2, 0.25) is 5.95 Å². The fourth-order valence-corrected chi connectivity index (χ4v) is 4.99. The van der Waals surface area contributed by atoms with Gasteiger partial charge in [-0.1, -0.05) is 24.6 Å². The summed E-state index contributed by atoms with van der Waals surface area (Å²) in [6.45, 7) is 6.97. The van der Waals surface area contributed by atoms with Crippen molar-refractivity contribution in [2.45, 2.75) is 45.5 Å². The Kier molecular flexibility index (Phi) is 7.02. The minimum absolute atomic E-state index is 0.0379. The lowest BCUT2D eigenvalue weighted by Gasteiger charge is -2.33. The summed E-state index contributed by atoms with van der Waals surface area (Å²) in [7, 11) is 0. The number of aromatic carboxylic acids is 1. The first-order valence-electron chi connectivity index (χ1n) is 12.4. The van der Waals surface area contributed by atoms with E-state index in [1.807, 2.05) is 31.7 Å². The highest BCUT2D eigenvalue weighted by Crippen LogP contribution is 2.36. The minimum Gasteiger partial charge on any atom is -0.476 e. The number of imidazole rings is 1. The molecule has 0 bridgehead atoms. The molecule has 5 rings (SSSR count). The molecular formula is C26H26ClF3N6O3. The summed E-state index contributed by atoms with van der Waals surface area (Å²) in [5, 5.41) is 13.3. The quantitative estimate of drug-likeness (QED) is 0.286. The van der Waals surface area contributed by atoms with Crippen molar-refractivity contribution in [3.8, 4) is 0 Å². The summed E-state index contributed by atoms with van der Waals surface area (Å²) in [4.78, 5) is 26.5. The van der Waals surface area contributed by atoms with E-state index in [2.05, 4.69) is 15.3 Å². The van der Waals surface area contributed by atoms with Crippen LogP contribution in [0.1, 0.15) is 53.6 Å². The first-order valence-corrected chi connectivity index (χ1v) is 12.8. The van der Waals surface area contributed by atoms with Crippen molar-refractivity contribution in [1.29, 1.82) is 0 Å². The van der Waals surface area contributed by atoms with E-state index in [1.54, 1.807) is 6.07 Å². The number of anilines is 2. The first kappa shape index (κ1) is 26.9. The van der Waals surface area contributed by atoms with E-state index in [9.17, 15) is 23.1 Å². The minimum atomic E-state index is -4.64. The Balaban J connectivity index is 1.70. The maximum absolute atomic E-state index is 13.8. The van der Waals surface area contributed by atoms with Crippen LogP contribution < -0.4 is 10.2 Å². The predicted molar refractivity (Wildman–Crippen MR) is 141 cm³/mol. The standard InChI is InChI=1S/C26H26ClF3N6O3/c1-4-15-11-35(7-8-39-15)25-34-21-16(14(3)31-18-5-6-20(27)33-22(18)24(37)38)9-13(2)10-17(21)23-32-19(12-36(23)25)26(28,29)30/h5-6,9-10,12,14-15,31H,4,7-8,11H2,1-3H3,(H,37,38)/t14-,15?/m1/s1. The number of halogens is 4. The second-order valence-corrected chi connectivity index (χ2v) is 9.92. The molecule has 2 N–H and O–H groups in total. The molecule has 206 valence electrons. The Hall–Kier alpha value is -3.64. The van der Waals surface area contributed by atoms with Crippen molar-refractivity contribution in [2.75, 3.05) is 29.9 Å². The third kappa shape index (κ3) is 5.18. The van der Waals surface area contributed by atoms with Crippen LogP contribution in [0.4, 0.5) is 24.8 Å². The van der Waals surface area contributed by atoms with Gasteiger partial charge in [-0.3, -0.25) is 4.40 Å². The predicted octanol–water partition coefficient (Wildman–Crippen LogP) is 5.74. The lowest BCUT2D eigenvalue weighted by Crippen LogP contribution is -2.43. The summed E-state index contributed by atoms with van der Waals surface area (Å²) in [6.07, 6.45) is -2.99. The molecular weight excluding hydrogens is 537 g/mol. The number of rotatable bonds is 6. The fraction of sp³-hybridized carbons (Fsp3) is 0.385. The number of alkyl halides is 3. The molecule has 1 fully saturated rings. The van der Waals surface area contributed by atoms with Crippen LogP contribution >= 0.6 is 11.6 Å². The fourth-order valence-electron chi connectivity index (χ4n) is 4.84. The monoisotopic (exact) mass is 562 g/mol. The molecule has 1 saturated heterocycles. The van der Waals surface area contributed by atoms with E-state index in [0.29, 0.717) is 42.1 Å². The highest BCUT2D eigenvalue weighted by molar-refractivity contribution is 6.29. The Morgan fingerprint density at radius 3 is 2.74 bits per heavy atom. The SMILES string of the molecule is CCC1CN(c2nc3c([C@@H](C)Nc4ccc(Cl)nc4C(=O)O)cc(C)cc3c3nc(C(F)(F)F)cn23)CCO1. The number of carboxylic acids is 1. The van der Waals surface area contributed by atoms with Crippen LogP contribution in [0, 0.1) is 6.92 Å². The molecule has 1 aromatic carbocycles.